The van der Waals surface area contributed by atoms with Gasteiger partial charge in [-0.25, -0.2) is 0 Å². The van der Waals surface area contributed by atoms with E-state index in [-0.39, 0.29) is 6.29 Å². The van der Waals surface area contributed by atoms with Crippen LogP contribution in [0.2, 0.25) is 0 Å². The molecule has 1 fully saturated rings. The first-order chi connectivity index (χ1) is 9.86. The molecule has 0 saturated carbocycles. The Balaban J connectivity index is 2.06. The van der Waals surface area contributed by atoms with Gasteiger partial charge in [-0.05, 0) is 19.4 Å². The van der Waals surface area contributed by atoms with Crippen molar-refractivity contribution >= 4 is 0 Å². The third-order valence-corrected chi connectivity index (χ3v) is 4.01. The Bertz CT molecular complexity index is 205. The molecule has 0 bridgehead atoms. The highest BCUT2D eigenvalue weighted by Gasteiger charge is 2.20. The van der Waals surface area contributed by atoms with E-state index in [1.165, 1.54) is 57.8 Å². The van der Waals surface area contributed by atoms with Gasteiger partial charge in [0.15, 0.2) is 6.29 Å². The number of ether oxygens (including phenoxy) is 2. The first kappa shape index (κ1) is 17.9. The zero-order chi connectivity index (χ0) is 14.5. The van der Waals surface area contributed by atoms with E-state index in [4.69, 9.17) is 9.47 Å². The lowest BCUT2D eigenvalue weighted by Gasteiger charge is -2.21. The van der Waals surface area contributed by atoms with Gasteiger partial charge in [-0.1, -0.05) is 58.8 Å². The number of nitrogens with one attached hydrogen (secondary N) is 1. The lowest BCUT2D eigenvalue weighted by atomic mass is 10.0. The maximum Gasteiger partial charge on any atom is 0.159 e. The van der Waals surface area contributed by atoms with Crippen LogP contribution in [-0.4, -0.2) is 32.1 Å². The van der Waals surface area contributed by atoms with Gasteiger partial charge in [-0.3, -0.25) is 0 Å². The molecule has 1 aliphatic rings. The molecule has 1 unspecified atom stereocenters. The van der Waals surface area contributed by atoms with Crippen LogP contribution in [0.25, 0.3) is 0 Å². The third kappa shape index (κ3) is 8.93. The molecule has 20 heavy (non-hydrogen) atoms. The molecule has 1 atom stereocenters. The van der Waals surface area contributed by atoms with Gasteiger partial charge in [-0.2, -0.15) is 0 Å². The Labute approximate surface area is 125 Å². The maximum absolute atomic E-state index is 5.57. The smallest absolute Gasteiger partial charge is 0.159 e. The van der Waals surface area contributed by atoms with E-state index in [9.17, 15) is 0 Å². The summed E-state index contributed by atoms with van der Waals surface area (Å²) < 4.78 is 11.1. The summed E-state index contributed by atoms with van der Waals surface area (Å²) >= 11 is 0. The Morgan fingerprint density at radius 3 is 2.20 bits per heavy atom. The molecule has 0 aromatic rings. The lowest BCUT2D eigenvalue weighted by Crippen LogP contribution is -2.33. The van der Waals surface area contributed by atoms with Gasteiger partial charge in [0.05, 0.1) is 13.2 Å². The van der Waals surface area contributed by atoms with Crippen molar-refractivity contribution in [3.63, 3.8) is 0 Å². The summed E-state index contributed by atoms with van der Waals surface area (Å²) in [4.78, 5) is 0. The average Bonchev–Trinajstić information content (AvgIpc) is 2.96. The van der Waals surface area contributed by atoms with Gasteiger partial charge >= 0.3 is 0 Å². The summed E-state index contributed by atoms with van der Waals surface area (Å²) in [5.41, 5.74) is 0. The summed E-state index contributed by atoms with van der Waals surface area (Å²) in [5.74, 6) is 0. The van der Waals surface area contributed by atoms with Crippen molar-refractivity contribution in [3.05, 3.63) is 0 Å². The van der Waals surface area contributed by atoms with Crippen LogP contribution >= 0.6 is 0 Å². The molecule has 1 aliphatic heterocycles. The average molecular weight is 285 g/mol. The van der Waals surface area contributed by atoms with E-state index in [2.05, 4.69) is 19.2 Å². The van der Waals surface area contributed by atoms with Crippen LogP contribution in [0.4, 0.5) is 0 Å². The highest BCUT2D eigenvalue weighted by atomic mass is 16.7. The molecule has 0 radical (unpaired) electrons. The SMILES string of the molecule is CCCCCCCCCC(CC1OCCO1)NCCC. The Morgan fingerprint density at radius 1 is 0.900 bits per heavy atom. The zero-order valence-electron chi connectivity index (χ0n) is 13.7. The fourth-order valence-corrected chi connectivity index (χ4v) is 2.78. The molecule has 3 heteroatoms. The van der Waals surface area contributed by atoms with Gasteiger partial charge < -0.3 is 14.8 Å². The summed E-state index contributed by atoms with van der Waals surface area (Å²) in [7, 11) is 0. The van der Waals surface area contributed by atoms with Crippen molar-refractivity contribution in [3.8, 4) is 0 Å². The topological polar surface area (TPSA) is 30.5 Å². The van der Waals surface area contributed by atoms with Crippen LogP contribution in [-0.2, 0) is 9.47 Å². The van der Waals surface area contributed by atoms with Crippen molar-refractivity contribution in [1.82, 2.24) is 5.32 Å². The Hall–Kier alpha value is -0.120. The Morgan fingerprint density at radius 2 is 1.55 bits per heavy atom. The second-order valence-electron chi connectivity index (χ2n) is 5.97. The van der Waals surface area contributed by atoms with Crippen molar-refractivity contribution in [1.29, 1.82) is 0 Å². The molecular formula is C17H35NO2. The van der Waals surface area contributed by atoms with E-state index in [1.807, 2.05) is 0 Å². The Kier molecular flexibility index (Phi) is 11.3. The molecular weight excluding hydrogens is 250 g/mol. The van der Waals surface area contributed by atoms with E-state index in [1.54, 1.807) is 0 Å². The van der Waals surface area contributed by atoms with Gasteiger partial charge in [0.2, 0.25) is 0 Å². The standard InChI is InChI=1S/C17H35NO2/c1-3-5-6-7-8-9-10-11-16(18-12-4-2)15-17-19-13-14-20-17/h16-18H,3-15H2,1-2H3. The number of hydrogen-bond acceptors (Lipinski definition) is 3. The lowest BCUT2D eigenvalue weighted by molar-refractivity contribution is -0.0532. The van der Waals surface area contributed by atoms with Crippen molar-refractivity contribution in [2.24, 2.45) is 0 Å². The monoisotopic (exact) mass is 285 g/mol. The molecule has 0 amide bonds. The van der Waals surface area contributed by atoms with Crippen LogP contribution in [0.1, 0.15) is 78.1 Å². The van der Waals surface area contributed by atoms with Crippen LogP contribution in [0, 0.1) is 0 Å². The fraction of sp³-hybridized carbons (Fsp3) is 1.00. The molecule has 0 aliphatic carbocycles. The van der Waals surface area contributed by atoms with Crippen molar-refractivity contribution in [2.75, 3.05) is 19.8 Å². The summed E-state index contributed by atoms with van der Waals surface area (Å²) in [6, 6.07) is 0.564. The minimum absolute atomic E-state index is 0.0360. The normalized spacial score (nSPS) is 17.7. The molecule has 3 nitrogen and oxygen atoms in total. The molecule has 1 rings (SSSR count). The van der Waals surface area contributed by atoms with Crippen molar-refractivity contribution < 1.29 is 9.47 Å². The van der Waals surface area contributed by atoms with Crippen LogP contribution < -0.4 is 5.32 Å². The molecule has 0 aromatic heterocycles. The first-order valence-corrected chi connectivity index (χ1v) is 8.83. The summed E-state index contributed by atoms with van der Waals surface area (Å²) in [6.45, 7) is 7.14. The van der Waals surface area contributed by atoms with Crippen molar-refractivity contribution in [2.45, 2.75) is 90.4 Å². The minimum atomic E-state index is 0.0360. The minimum Gasteiger partial charge on any atom is -0.350 e. The number of hydrogen-bond donors (Lipinski definition) is 1. The third-order valence-electron chi connectivity index (χ3n) is 4.01. The predicted molar refractivity (Wildman–Crippen MR) is 85.0 cm³/mol. The van der Waals surface area contributed by atoms with E-state index < -0.39 is 0 Å². The molecule has 1 N–H and O–H groups in total. The van der Waals surface area contributed by atoms with E-state index in [0.29, 0.717) is 6.04 Å². The zero-order valence-corrected chi connectivity index (χ0v) is 13.7. The van der Waals surface area contributed by atoms with Gasteiger partial charge in [0.1, 0.15) is 0 Å². The number of unbranched alkanes of at least 4 members (excludes halogenated alkanes) is 6. The second-order valence-corrected chi connectivity index (χ2v) is 5.97. The largest absolute Gasteiger partial charge is 0.350 e. The quantitative estimate of drug-likeness (QED) is 0.513. The van der Waals surface area contributed by atoms with Crippen LogP contribution in [0.3, 0.4) is 0 Å². The second kappa shape index (κ2) is 12.6. The summed E-state index contributed by atoms with van der Waals surface area (Å²) in [5, 5.41) is 3.65. The fourth-order valence-electron chi connectivity index (χ4n) is 2.78. The van der Waals surface area contributed by atoms with Gasteiger partial charge in [-0.15, -0.1) is 0 Å². The van der Waals surface area contributed by atoms with E-state index in [0.717, 1.165) is 26.2 Å². The molecule has 1 saturated heterocycles. The molecule has 120 valence electrons. The van der Waals surface area contributed by atoms with Gasteiger partial charge in [0, 0.05) is 12.5 Å². The maximum atomic E-state index is 5.57. The van der Waals surface area contributed by atoms with Crippen LogP contribution in [0.15, 0.2) is 0 Å². The molecule has 1 heterocycles. The first-order valence-electron chi connectivity index (χ1n) is 8.83. The highest BCUT2D eigenvalue weighted by Crippen LogP contribution is 2.16. The summed E-state index contributed by atoms with van der Waals surface area (Å²) in [6.07, 6.45) is 13.2. The molecule has 0 aromatic carbocycles. The predicted octanol–water partition coefficient (Wildman–Crippen LogP) is 4.26. The van der Waals surface area contributed by atoms with Gasteiger partial charge in [0.25, 0.3) is 0 Å². The number of rotatable bonds is 13. The van der Waals surface area contributed by atoms with E-state index >= 15 is 0 Å². The molecule has 0 spiro atoms. The highest BCUT2D eigenvalue weighted by molar-refractivity contribution is 4.70. The van der Waals surface area contributed by atoms with Crippen LogP contribution in [0.5, 0.6) is 0 Å².